The number of fused-ring (bicyclic) bond motifs is 1. The molecule has 2 aromatic carbocycles. The molecule has 0 saturated heterocycles. The highest BCUT2D eigenvalue weighted by Gasteiger charge is 2.24. The highest BCUT2D eigenvalue weighted by molar-refractivity contribution is 6.30. The van der Waals surface area contributed by atoms with Gasteiger partial charge in [0.15, 0.2) is 0 Å². The van der Waals surface area contributed by atoms with E-state index in [4.69, 9.17) is 21.4 Å². The monoisotopic (exact) mass is 339 g/mol. The van der Waals surface area contributed by atoms with Crippen LogP contribution in [0.25, 0.3) is 16.9 Å². The molecule has 5 heteroatoms. The van der Waals surface area contributed by atoms with Crippen molar-refractivity contribution in [1.82, 2.24) is 15.1 Å². The first-order chi connectivity index (χ1) is 11.8. The molecule has 3 aromatic rings. The van der Waals surface area contributed by atoms with E-state index in [0.29, 0.717) is 6.61 Å². The summed E-state index contributed by atoms with van der Waals surface area (Å²) in [6.07, 6.45) is 0. The first-order valence-electron chi connectivity index (χ1n) is 8.07. The Morgan fingerprint density at radius 1 is 1.12 bits per heavy atom. The molecule has 1 N–H and O–H groups in total. The summed E-state index contributed by atoms with van der Waals surface area (Å²) < 4.78 is 7.80. The fraction of sp³-hybridized carbons (Fsp3) is 0.211. The Balaban J connectivity index is 1.92. The van der Waals surface area contributed by atoms with Gasteiger partial charge in [0.05, 0.1) is 18.0 Å². The molecule has 0 bridgehead atoms. The zero-order chi connectivity index (χ0) is 16.5. The van der Waals surface area contributed by atoms with Crippen molar-refractivity contribution in [3.05, 3.63) is 64.8 Å². The standard InChI is InChI=1S/C19H18ClN3O/c1-2-24-18-6-4-3-5-17(18)23-19(13-7-9-14(20)10-8-13)15-11-21-12-16(15)22-23/h3-10,21H,2,11-12H2,1H3. The van der Waals surface area contributed by atoms with Gasteiger partial charge in [-0.3, -0.25) is 0 Å². The second kappa shape index (κ2) is 6.30. The maximum absolute atomic E-state index is 6.06. The number of hydrogen-bond donors (Lipinski definition) is 1. The molecule has 0 spiro atoms. The van der Waals surface area contributed by atoms with Crippen molar-refractivity contribution in [2.45, 2.75) is 20.0 Å². The van der Waals surface area contributed by atoms with Gasteiger partial charge in [0.25, 0.3) is 0 Å². The van der Waals surface area contributed by atoms with Gasteiger partial charge in [0.2, 0.25) is 0 Å². The average molecular weight is 340 g/mol. The third kappa shape index (κ3) is 2.58. The molecular formula is C19H18ClN3O. The average Bonchev–Trinajstić information content (AvgIpc) is 3.17. The first kappa shape index (κ1) is 15.2. The van der Waals surface area contributed by atoms with E-state index >= 15 is 0 Å². The molecule has 0 saturated carbocycles. The van der Waals surface area contributed by atoms with Crippen molar-refractivity contribution >= 4 is 11.6 Å². The maximum atomic E-state index is 6.06. The van der Waals surface area contributed by atoms with Gasteiger partial charge in [-0.15, -0.1) is 0 Å². The minimum atomic E-state index is 0.621. The number of halogens is 1. The lowest BCUT2D eigenvalue weighted by Gasteiger charge is -2.14. The van der Waals surface area contributed by atoms with Crippen molar-refractivity contribution in [3.63, 3.8) is 0 Å². The van der Waals surface area contributed by atoms with E-state index in [1.807, 2.05) is 60.1 Å². The fourth-order valence-electron chi connectivity index (χ4n) is 3.12. The summed E-state index contributed by atoms with van der Waals surface area (Å²) in [6.45, 7) is 4.23. The van der Waals surface area contributed by atoms with Crippen LogP contribution in [0.5, 0.6) is 5.75 Å². The highest BCUT2D eigenvalue weighted by Crippen LogP contribution is 2.34. The Labute approximate surface area is 146 Å². The number of rotatable bonds is 4. The fourth-order valence-corrected chi connectivity index (χ4v) is 3.24. The van der Waals surface area contributed by atoms with Crippen LogP contribution in [-0.2, 0) is 13.1 Å². The minimum absolute atomic E-state index is 0.621. The summed E-state index contributed by atoms with van der Waals surface area (Å²) in [5.41, 5.74) is 5.48. The Hall–Kier alpha value is -2.30. The number of nitrogens with one attached hydrogen (secondary N) is 1. The number of hydrogen-bond acceptors (Lipinski definition) is 3. The molecule has 0 aliphatic carbocycles. The van der Waals surface area contributed by atoms with Crippen LogP contribution in [0.2, 0.25) is 5.02 Å². The smallest absolute Gasteiger partial charge is 0.144 e. The summed E-state index contributed by atoms with van der Waals surface area (Å²) in [7, 11) is 0. The molecule has 2 heterocycles. The van der Waals surface area contributed by atoms with Crippen molar-refractivity contribution in [2.75, 3.05) is 6.61 Å². The quantitative estimate of drug-likeness (QED) is 0.774. The Bertz CT molecular complexity index is 871. The van der Waals surface area contributed by atoms with E-state index < -0.39 is 0 Å². The molecule has 122 valence electrons. The van der Waals surface area contributed by atoms with Crippen molar-refractivity contribution in [1.29, 1.82) is 0 Å². The summed E-state index contributed by atoms with van der Waals surface area (Å²) in [6, 6.07) is 15.9. The number of benzene rings is 2. The number of para-hydroxylation sites is 2. The van der Waals surface area contributed by atoms with Crippen LogP contribution in [0.4, 0.5) is 0 Å². The van der Waals surface area contributed by atoms with Crippen LogP contribution in [0.1, 0.15) is 18.2 Å². The maximum Gasteiger partial charge on any atom is 0.144 e. The molecule has 0 amide bonds. The predicted molar refractivity (Wildman–Crippen MR) is 95.7 cm³/mol. The largest absolute Gasteiger partial charge is 0.492 e. The van der Waals surface area contributed by atoms with Gasteiger partial charge in [0, 0.05) is 29.2 Å². The highest BCUT2D eigenvalue weighted by atomic mass is 35.5. The number of ether oxygens (including phenoxy) is 1. The van der Waals surface area contributed by atoms with E-state index in [1.54, 1.807) is 0 Å². The molecular weight excluding hydrogens is 322 g/mol. The molecule has 24 heavy (non-hydrogen) atoms. The molecule has 0 atom stereocenters. The molecule has 0 fully saturated rings. The Morgan fingerprint density at radius 3 is 2.71 bits per heavy atom. The minimum Gasteiger partial charge on any atom is -0.492 e. The lowest BCUT2D eigenvalue weighted by molar-refractivity contribution is 0.338. The second-order valence-corrected chi connectivity index (χ2v) is 6.13. The molecule has 1 aromatic heterocycles. The van der Waals surface area contributed by atoms with Crippen LogP contribution >= 0.6 is 11.6 Å². The van der Waals surface area contributed by atoms with Gasteiger partial charge < -0.3 is 10.1 Å². The van der Waals surface area contributed by atoms with Gasteiger partial charge in [-0.25, -0.2) is 4.68 Å². The SMILES string of the molecule is CCOc1ccccc1-n1nc2c(c1-c1ccc(Cl)cc1)CNC2. The molecule has 0 unspecified atom stereocenters. The molecule has 1 aliphatic heterocycles. The Morgan fingerprint density at radius 2 is 1.92 bits per heavy atom. The van der Waals surface area contributed by atoms with Gasteiger partial charge >= 0.3 is 0 Å². The van der Waals surface area contributed by atoms with Gasteiger partial charge in [-0.2, -0.15) is 5.10 Å². The van der Waals surface area contributed by atoms with Crippen LogP contribution in [0.3, 0.4) is 0 Å². The summed E-state index contributed by atoms with van der Waals surface area (Å²) in [4.78, 5) is 0. The van der Waals surface area contributed by atoms with E-state index in [2.05, 4.69) is 5.32 Å². The van der Waals surface area contributed by atoms with Crippen LogP contribution in [-0.4, -0.2) is 16.4 Å². The topological polar surface area (TPSA) is 39.1 Å². The lowest BCUT2D eigenvalue weighted by atomic mass is 10.1. The van der Waals surface area contributed by atoms with Gasteiger partial charge in [-0.05, 0) is 31.2 Å². The molecule has 0 radical (unpaired) electrons. The Kier molecular flexibility index (Phi) is 4.00. The number of nitrogens with zero attached hydrogens (tertiary/aromatic N) is 2. The zero-order valence-corrected chi connectivity index (χ0v) is 14.2. The van der Waals surface area contributed by atoms with Crippen molar-refractivity contribution in [2.24, 2.45) is 0 Å². The number of aromatic nitrogens is 2. The van der Waals surface area contributed by atoms with E-state index in [0.717, 1.165) is 46.5 Å². The summed E-state index contributed by atoms with van der Waals surface area (Å²) in [5.74, 6) is 0.837. The van der Waals surface area contributed by atoms with Crippen molar-refractivity contribution < 1.29 is 4.74 Å². The van der Waals surface area contributed by atoms with Crippen LogP contribution in [0, 0.1) is 0 Å². The normalized spacial score (nSPS) is 13.1. The van der Waals surface area contributed by atoms with E-state index in [1.165, 1.54) is 5.56 Å². The third-order valence-corrected chi connectivity index (χ3v) is 4.42. The van der Waals surface area contributed by atoms with Crippen molar-refractivity contribution in [3.8, 4) is 22.7 Å². The zero-order valence-electron chi connectivity index (χ0n) is 13.4. The van der Waals surface area contributed by atoms with Gasteiger partial charge in [-0.1, -0.05) is 35.9 Å². The summed E-state index contributed by atoms with van der Waals surface area (Å²) in [5, 5.41) is 8.95. The summed E-state index contributed by atoms with van der Waals surface area (Å²) >= 11 is 6.06. The predicted octanol–water partition coefficient (Wildman–Crippen LogP) is 4.19. The van der Waals surface area contributed by atoms with Crippen LogP contribution < -0.4 is 10.1 Å². The van der Waals surface area contributed by atoms with E-state index in [9.17, 15) is 0 Å². The lowest BCUT2D eigenvalue weighted by Crippen LogP contribution is -2.09. The van der Waals surface area contributed by atoms with Gasteiger partial charge in [0.1, 0.15) is 11.4 Å². The van der Waals surface area contributed by atoms with E-state index in [-0.39, 0.29) is 0 Å². The first-order valence-corrected chi connectivity index (χ1v) is 8.45. The molecule has 4 nitrogen and oxygen atoms in total. The van der Waals surface area contributed by atoms with Crippen LogP contribution in [0.15, 0.2) is 48.5 Å². The third-order valence-electron chi connectivity index (χ3n) is 4.17. The molecule has 4 rings (SSSR count). The second-order valence-electron chi connectivity index (χ2n) is 5.70. The molecule has 1 aliphatic rings.